The van der Waals surface area contributed by atoms with Crippen molar-refractivity contribution in [2.45, 2.75) is 29.9 Å². The summed E-state index contributed by atoms with van der Waals surface area (Å²) in [4.78, 5) is 21.8. The zero-order valence-electron chi connectivity index (χ0n) is 8.88. The Kier molecular flexibility index (Phi) is 6.43. The maximum atomic E-state index is 11.2. The van der Waals surface area contributed by atoms with E-state index in [9.17, 15) is 9.59 Å². The molecular weight excluding hydrogens is 332 g/mol. The van der Waals surface area contributed by atoms with Gasteiger partial charge in [-0.05, 0) is 20.8 Å². The highest BCUT2D eigenvalue weighted by Crippen LogP contribution is 2.17. The second-order valence-corrected chi connectivity index (χ2v) is 6.75. The maximum Gasteiger partial charge on any atom is 0.322 e. The van der Waals surface area contributed by atoms with Gasteiger partial charge < -0.3 is 9.47 Å². The van der Waals surface area contributed by atoms with E-state index >= 15 is 0 Å². The van der Waals surface area contributed by atoms with Gasteiger partial charge >= 0.3 is 11.9 Å². The number of ether oxygens (including phenoxy) is 2. The van der Waals surface area contributed by atoms with Gasteiger partial charge in [-0.15, -0.1) is 0 Å². The van der Waals surface area contributed by atoms with Gasteiger partial charge in [-0.2, -0.15) is 0 Å². The van der Waals surface area contributed by atoms with Crippen LogP contribution in [0, 0.1) is 0 Å². The standard InChI is InChI=1S/C9H14Br2O4/c1-6(10)7(12)14-4-5-15-8(13)9(2,3)11/h6H,4-5H2,1-3H3. The van der Waals surface area contributed by atoms with Gasteiger partial charge in [0.25, 0.3) is 0 Å². The lowest BCUT2D eigenvalue weighted by Gasteiger charge is -2.14. The third-order valence-electron chi connectivity index (χ3n) is 1.37. The summed E-state index contributed by atoms with van der Waals surface area (Å²) in [5.74, 6) is -0.755. The smallest absolute Gasteiger partial charge is 0.322 e. The molecule has 0 rings (SSSR count). The van der Waals surface area contributed by atoms with Gasteiger partial charge in [-0.25, -0.2) is 0 Å². The fraction of sp³-hybridized carbons (Fsp3) is 0.778. The van der Waals surface area contributed by atoms with E-state index in [0.717, 1.165) is 0 Å². The van der Waals surface area contributed by atoms with E-state index in [-0.39, 0.29) is 30.0 Å². The molecule has 4 nitrogen and oxygen atoms in total. The first-order chi connectivity index (χ1) is 6.75. The number of halogens is 2. The number of esters is 2. The molecule has 0 fully saturated rings. The molecular formula is C9H14Br2O4. The number of hydrogen-bond acceptors (Lipinski definition) is 4. The molecule has 88 valence electrons. The number of rotatable bonds is 5. The summed E-state index contributed by atoms with van der Waals surface area (Å²) in [6, 6.07) is 0. The van der Waals surface area contributed by atoms with E-state index < -0.39 is 4.32 Å². The predicted molar refractivity (Wildman–Crippen MR) is 63.3 cm³/mol. The molecule has 0 bridgehead atoms. The monoisotopic (exact) mass is 344 g/mol. The molecule has 0 aromatic rings. The molecule has 0 amide bonds. The van der Waals surface area contributed by atoms with Crippen LogP contribution in [-0.4, -0.2) is 34.3 Å². The highest BCUT2D eigenvalue weighted by Gasteiger charge is 2.25. The van der Waals surface area contributed by atoms with Gasteiger partial charge in [-0.3, -0.25) is 9.59 Å². The van der Waals surface area contributed by atoms with E-state index in [1.165, 1.54) is 0 Å². The number of carbonyl (C=O) groups excluding carboxylic acids is 2. The molecule has 0 saturated heterocycles. The Bertz CT molecular complexity index is 233. The summed E-state index contributed by atoms with van der Waals surface area (Å²) in [7, 11) is 0. The second kappa shape index (κ2) is 6.48. The van der Waals surface area contributed by atoms with E-state index in [4.69, 9.17) is 9.47 Å². The molecule has 0 aliphatic carbocycles. The van der Waals surface area contributed by atoms with Crippen LogP contribution in [0.5, 0.6) is 0 Å². The van der Waals surface area contributed by atoms with Crippen molar-refractivity contribution < 1.29 is 19.1 Å². The van der Waals surface area contributed by atoms with Crippen molar-refractivity contribution in [3.05, 3.63) is 0 Å². The molecule has 0 aromatic heterocycles. The summed E-state index contributed by atoms with van der Waals surface area (Å²) in [6.45, 7) is 5.17. The molecule has 6 heteroatoms. The van der Waals surface area contributed by atoms with Crippen LogP contribution in [0.1, 0.15) is 20.8 Å². The van der Waals surface area contributed by atoms with Crippen molar-refractivity contribution in [3.63, 3.8) is 0 Å². The van der Waals surface area contributed by atoms with Crippen LogP contribution in [0.3, 0.4) is 0 Å². The lowest BCUT2D eigenvalue weighted by molar-refractivity contribution is -0.152. The van der Waals surface area contributed by atoms with Crippen LogP contribution in [0.4, 0.5) is 0 Å². The summed E-state index contributed by atoms with van der Waals surface area (Å²) in [5.41, 5.74) is 0. The summed E-state index contributed by atoms with van der Waals surface area (Å²) in [5, 5.41) is 0. The van der Waals surface area contributed by atoms with Crippen LogP contribution in [0.2, 0.25) is 0 Å². The minimum atomic E-state index is -0.709. The van der Waals surface area contributed by atoms with Crippen LogP contribution >= 0.6 is 31.9 Å². The Hall–Kier alpha value is -0.100. The zero-order chi connectivity index (χ0) is 12.1. The molecule has 0 radical (unpaired) electrons. The maximum absolute atomic E-state index is 11.2. The first-order valence-electron chi connectivity index (χ1n) is 4.42. The van der Waals surface area contributed by atoms with Gasteiger partial charge in [-0.1, -0.05) is 31.9 Å². The Morgan fingerprint density at radius 3 is 2.13 bits per heavy atom. The van der Waals surface area contributed by atoms with Crippen molar-refractivity contribution in [1.29, 1.82) is 0 Å². The molecule has 0 aliphatic rings. The van der Waals surface area contributed by atoms with Crippen molar-refractivity contribution in [3.8, 4) is 0 Å². The molecule has 0 saturated carbocycles. The van der Waals surface area contributed by atoms with E-state index in [1.54, 1.807) is 20.8 Å². The molecule has 1 atom stereocenters. The molecule has 0 aromatic carbocycles. The summed E-state index contributed by atoms with van der Waals surface area (Å²) < 4.78 is 8.94. The van der Waals surface area contributed by atoms with Gasteiger partial charge in [0, 0.05) is 0 Å². The molecule has 0 N–H and O–H groups in total. The predicted octanol–water partition coefficient (Wildman–Crippen LogP) is 2.03. The van der Waals surface area contributed by atoms with Gasteiger partial charge in [0.05, 0.1) is 0 Å². The summed E-state index contributed by atoms with van der Waals surface area (Å²) in [6.07, 6.45) is 0. The fourth-order valence-corrected chi connectivity index (χ4v) is 0.810. The summed E-state index contributed by atoms with van der Waals surface area (Å²) >= 11 is 6.22. The molecule has 0 heterocycles. The highest BCUT2D eigenvalue weighted by molar-refractivity contribution is 9.10. The quantitative estimate of drug-likeness (QED) is 0.434. The first kappa shape index (κ1) is 14.9. The highest BCUT2D eigenvalue weighted by atomic mass is 79.9. The lowest BCUT2D eigenvalue weighted by atomic mass is 10.2. The van der Waals surface area contributed by atoms with Crippen LogP contribution in [0.25, 0.3) is 0 Å². The third-order valence-corrected chi connectivity index (χ3v) is 2.07. The Labute approximate surface area is 106 Å². The van der Waals surface area contributed by atoms with Crippen LogP contribution in [0.15, 0.2) is 0 Å². The largest absolute Gasteiger partial charge is 0.461 e. The van der Waals surface area contributed by atoms with Crippen LogP contribution in [-0.2, 0) is 19.1 Å². The first-order valence-corrected chi connectivity index (χ1v) is 6.13. The molecule has 0 aliphatic heterocycles. The Morgan fingerprint density at radius 1 is 1.27 bits per heavy atom. The Morgan fingerprint density at radius 2 is 1.73 bits per heavy atom. The third kappa shape index (κ3) is 6.89. The molecule has 1 unspecified atom stereocenters. The van der Waals surface area contributed by atoms with Gasteiger partial charge in [0.2, 0.25) is 0 Å². The average molecular weight is 346 g/mol. The Balaban J connectivity index is 3.65. The minimum Gasteiger partial charge on any atom is -0.461 e. The number of carbonyl (C=O) groups is 2. The van der Waals surface area contributed by atoms with Crippen LogP contribution < -0.4 is 0 Å². The number of hydrogen-bond donors (Lipinski definition) is 0. The SMILES string of the molecule is CC(Br)C(=O)OCCOC(=O)C(C)(C)Br. The van der Waals surface area contributed by atoms with E-state index in [2.05, 4.69) is 31.9 Å². The second-order valence-electron chi connectivity index (χ2n) is 3.39. The molecule has 0 spiro atoms. The van der Waals surface area contributed by atoms with Crippen molar-refractivity contribution in [1.82, 2.24) is 0 Å². The van der Waals surface area contributed by atoms with Crippen molar-refractivity contribution in [2.75, 3.05) is 13.2 Å². The molecule has 15 heavy (non-hydrogen) atoms. The topological polar surface area (TPSA) is 52.6 Å². The minimum absolute atomic E-state index is 0.0688. The van der Waals surface area contributed by atoms with E-state index in [1.807, 2.05) is 0 Å². The normalized spacial score (nSPS) is 13.1. The van der Waals surface area contributed by atoms with Gasteiger partial charge in [0.15, 0.2) is 0 Å². The lowest BCUT2D eigenvalue weighted by Crippen LogP contribution is -2.28. The van der Waals surface area contributed by atoms with Crippen molar-refractivity contribution >= 4 is 43.8 Å². The number of alkyl halides is 2. The zero-order valence-corrected chi connectivity index (χ0v) is 12.1. The van der Waals surface area contributed by atoms with Crippen molar-refractivity contribution in [2.24, 2.45) is 0 Å². The van der Waals surface area contributed by atoms with E-state index in [0.29, 0.717) is 0 Å². The van der Waals surface area contributed by atoms with Gasteiger partial charge in [0.1, 0.15) is 22.4 Å². The fourth-order valence-electron chi connectivity index (χ4n) is 0.563. The average Bonchev–Trinajstić information content (AvgIpc) is 2.09.